The van der Waals surface area contributed by atoms with Gasteiger partial charge in [-0.25, -0.2) is 17.9 Å². The van der Waals surface area contributed by atoms with Crippen LogP contribution in [0, 0.1) is 11.7 Å². The van der Waals surface area contributed by atoms with Gasteiger partial charge in [-0.05, 0) is 53.8 Å². The zero-order chi connectivity index (χ0) is 18.9. The molecule has 136 valence electrons. The quantitative estimate of drug-likeness (QED) is 0.826. The minimum atomic E-state index is -3.84. The fourth-order valence-electron chi connectivity index (χ4n) is 3.07. The predicted octanol–water partition coefficient (Wildman–Crippen LogP) is 2.36. The second-order valence-corrected chi connectivity index (χ2v) is 7.58. The zero-order valence-corrected chi connectivity index (χ0v) is 14.8. The van der Waals surface area contributed by atoms with Crippen molar-refractivity contribution in [3.05, 3.63) is 59.7 Å². The van der Waals surface area contributed by atoms with Gasteiger partial charge in [0.25, 0.3) is 0 Å². The SMILES string of the molecule is COC(=O)C1CC(c2ccc(F)cc2)=C(c2ccc(S(N)(=O)=O)cn2)C1. The predicted molar refractivity (Wildman–Crippen MR) is 93.6 cm³/mol. The van der Waals surface area contributed by atoms with Crippen molar-refractivity contribution in [2.24, 2.45) is 11.1 Å². The van der Waals surface area contributed by atoms with E-state index in [0.717, 1.165) is 16.7 Å². The van der Waals surface area contributed by atoms with Gasteiger partial charge in [-0.1, -0.05) is 12.1 Å². The molecule has 6 nitrogen and oxygen atoms in total. The second kappa shape index (κ2) is 6.97. The maximum absolute atomic E-state index is 13.2. The Balaban J connectivity index is 2.04. The lowest BCUT2D eigenvalue weighted by molar-refractivity contribution is -0.144. The Labute approximate surface area is 150 Å². The summed E-state index contributed by atoms with van der Waals surface area (Å²) < 4.78 is 40.9. The smallest absolute Gasteiger partial charge is 0.309 e. The van der Waals surface area contributed by atoms with Gasteiger partial charge in [-0.3, -0.25) is 9.78 Å². The molecule has 0 fully saturated rings. The first-order valence-electron chi connectivity index (χ1n) is 7.84. The number of nitrogens with two attached hydrogens (primary N) is 1. The Hall–Kier alpha value is -2.58. The molecule has 1 aliphatic rings. The van der Waals surface area contributed by atoms with Crippen LogP contribution in [-0.4, -0.2) is 26.5 Å². The number of benzene rings is 1. The lowest BCUT2D eigenvalue weighted by Crippen LogP contribution is -2.13. The molecule has 26 heavy (non-hydrogen) atoms. The third kappa shape index (κ3) is 3.66. The third-order valence-corrected chi connectivity index (χ3v) is 5.27. The van der Waals surface area contributed by atoms with Crippen molar-refractivity contribution in [3.8, 4) is 0 Å². The summed E-state index contributed by atoms with van der Waals surface area (Å²) in [6.07, 6.45) is 2.03. The van der Waals surface area contributed by atoms with E-state index in [1.807, 2.05) is 0 Å². The zero-order valence-electron chi connectivity index (χ0n) is 14.0. The van der Waals surface area contributed by atoms with Crippen molar-refractivity contribution >= 4 is 27.1 Å². The Morgan fingerprint density at radius 3 is 2.35 bits per heavy atom. The normalized spacial score (nSPS) is 17.4. The highest BCUT2D eigenvalue weighted by Crippen LogP contribution is 2.43. The summed E-state index contributed by atoms with van der Waals surface area (Å²) in [6.45, 7) is 0. The summed E-state index contributed by atoms with van der Waals surface area (Å²) in [4.78, 5) is 16.1. The number of allylic oxidation sites excluding steroid dienone is 2. The Morgan fingerprint density at radius 2 is 1.81 bits per heavy atom. The highest BCUT2D eigenvalue weighted by molar-refractivity contribution is 7.89. The summed E-state index contributed by atoms with van der Waals surface area (Å²) in [6, 6.07) is 8.91. The average Bonchev–Trinajstić information content (AvgIpc) is 3.06. The van der Waals surface area contributed by atoms with Gasteiger partial charge in [0.05, 0.1) is 18.7 Å². The van der Waals surface area contributed by atoms with E-state index >= 15 is 0 Å². The number of nitrogens with zero attached hydrogens (tertiary/aromatic N) is 1. The number of pyridine rings is 1. The van der Waals surface area contributed by atoms with Gasteiger partial charge >= 0.3 is 5.97 Å². The number of sulfonamides is 1. The lowest BCUT2D eigenvalue weighted by atomic mass is 9.99. The highest BCUT2D eigenvalue weighted by atomic mass is 32.2. The van der Waals surface area contributed by atoms with Gasteiger partial charge in [-0.15, -0.1) is 0 Å². The van der Waals surface area contributed by atoms with Crippen LogP contribution in [0.25, 0.3) is 11.1 Å². The van der Waals surface area contributed by atoms with E-state index in [0.29, 0.717) is 18.5 Å². The highest BCUT2D eigenvalue weighted by Gasteiger charge is 2.32. The summed E-state index contributed by atoms with van der Waals surface area (Å²) in [7, 11) is -2.51. The molecule has 0 radical (unpaired) electrons. The van der Waals surface area contributed by atoms with E-state index < -0.39 is 10.0 Å². The summed E-state index contributed by atoms with van der Waals surface area (Å²) in [5.74, 6) is -1.05. The molecule has 3 rings (SSSR count). The number of esters is 1. The Bertz CT molecular complexity index is 967. The van der Waals surface area contributed by atoms with Gasteiger partial charge in [0, 0.05) is 6.20 Å². The average molecular weight is 376 g/mol. The number of hydrogen-bond acceptors (Lipinski definition) is 5. The maximum atomic E-state index is 13.2. The van der Waals surface area contributed by atoms with Gasteiger partial charge in [0.1, 0.15) is 10.7 Å². The van der Waals surface area contributed by atoms with Gasteiger partial charge < -0.3 is 4.74 Å². The molecular formula is C18H17FN2O4S. The van der Waals surface area contributed by atoms with Crippen LogP contribution in [0.3, 0.4) is 0 Å². The monoisotopic (exact) mass is 376 g/mol. The molecule has 2 N–H and O–H groups in total. The maximum Gasteiger partial charge on any atom is 0.309 e. The summed E-state index contributed by atoms with van der Waals surface area (Å²) in [5.41, 5.74) is 2.98. The van der Waals surface area contributed by atoms with Crippen molar-refractivity contribution in [2.75, 3.05) is 7.11 Å². The largest absolute Gasteiger partial charge is 0.469 e. The number of methoxy groups -OCH3 is 1. The van der Waals surface area contributed by atoms with E-state index in [9.17, 15) is 17.6 Å². The van der Waals surface area contributed by atoms with E-state index in [-0.39, 0.29) is 22.6 Å². The summed E-state index contributed by atoms with van der Waals surface area (Å²) in [5, 5.41) is 5.10. The number of carbonyl (C=O) groups excluding carboxylic acids is 1. The molecular weight excluding hydrogens is 359 g/mol. The van der Waals surface area contributed by atoms with E-state index in [1.54, 1.807) is 18.2 Å². The van der Waals surface area contributed by atoms with Crippen molar-refractivity contribution < 1.29 is 22.3 Å². The van der Waals surface area contributed by atoms with Crippen LogP contribution in [-0.2, 0) is 19.6 Å². The lowest BCUT2D eigenvalue weighted by Gasteiger charge is -2.08. The first kappa shape index (κ1) is 18.2. The molecule has 1 unspecified atom stereocenters. The molecule has 1 aromatic heterocycles. The molecule has 1 aromatic carbocycles. The fourth-order valence-corrected chi connectivity index (χ4v) is 3.53. The molecule has 0 saturated carbocycles. The number of primary sulfonamides is 1. The topological polar surface area (TPSA) is 99.4 Å². The van der Waals surface area contributed by atoms with Crippen LogP contribution in [0.1, 0.15) is 24.1 Å². The number of rotatable bonds is 4. The minimum Gasteiger partial charge on any atom is -0.469 e. The van der Waals surface area contributed by atoms with Crippen molar-refractivity contribution in [1.29, 1.82) is 0 Å². The van der Waals surface area contributed by atoms with Gasteiger partial charge in [0.15, 0.2) is 0 Å². The van der Waals surface area contributed by atoms with Crippen molar-refractivity contribution in [2.45, 2.75) is 17.7 Å². The Morgan fingerprint density at radius 1 is 1.15 bits per heavy atom. The number of hydrogen-bond donors (Lipinski definition) is 1. The molecule has 1 heterocycles. The molecule has 0 saturated heterocycles. The first-order valence-corrected chi connectivity index (χ1v) is 9.39. The van der Waals surface area contributed by atoms with Gasteiger partial charge in [-0.2, -0.15) is 0 Å². The van der Waals surface area contributed by atoms with Crippen LogP contribution < -0.4 is 5.14 Å². The standard InChI is InChI=1S/C18H17FN2O4S/c1-25-18(22)12-8-15(11-2-4-13(19)5-3-11)16(9-12)17-7-6-14(10-21-17)26(20,23)24/h2-7,10,12H,8-9H2,1H3,(H2,20,23,24). The van der Waals surface area contributed by atoms with Crippen LogP contribution in [0.5, 0.6) is 0 Å². The molecule has 8 heteroatoms. The van der Waals surface area contributed by atoms with Crippen LogP contribution in [0.15, 0.2) is 47.5 Å². The molecule has 2 aromatic rings. The molecule has 0 amide bonds. The fraction of sp³-hybridized carbons (Fsp3) is 0.222. The van der Waals surface area contributed by atoms with Crippen LogP contribution in [0.2, 0.25) is 0 Å². The first-order chi connectivity index (χ1) is 12.3. The molecule has 1 aliphatic carbocycles. The van der Waals surface area contributed by atoms with Gasteiger partial charge in [0.2, 0.25) is 10.0 Å². The molecule has 0 spiro atoms. The number of carbonyl (C=O) groups is 1. The molecule has 0 bridgehead atoms. The van der Waals surface area contributed by atoms with E-state index in [4.69, 9.17) is 9.88 Å². The minimum absolute atomic E-state index is 0.0901. The number of halogens is 1. The van der Waals surface area contributed by atoms with Crippen molar-refractivity contribution in [3.63, 3.8) is 0 Å². The second-order valence-electron chi connectivity index (χ2n) is 6.02. The number of aromatic nitrogens is 1. The van der Waals surface area contributed by atoms with Crippen LogP contribution >= 0.6 is 0 Å². The van der Waals surface area contributed by atoms with Crippen LogP contribution in [0.4, 0.5) is 4.39 Å². The number of ether oxygens (including phenoxy) is 1. The summed E-state index contributed by atoms with van der Waals surface area (Å²) >= 11 is 0. The van der Waals surface area contributed by atoms with Crippen molar-refractivity contribution in [1.82, 2.24) is 4.98 Å². The molecule has 0 aliphatic heterocycles. The Kier molecular flexibility index (Phi) is 4.88. The third-order valence-electron chi connectivity index (χ3n) is 4.37. The van der Waals surface area contributed by atoms with E-state index in [1.165, 1.54) is 31.5 Å². The van der Waals surface area contributed by atoms with E-state index in [2.05, 4.69) is 4.98 Å². The molecule has 1 atom stereocenters.